The Balaban J connectivity index is 4.58. The predicted octanol–water partition coefficient (Wildman–Crippen LogP) is 10.2. The van der Waals surface area contributed by atoms with Crippen molar-refractivity contribution in [1.82, 2.24) is 0 Å². The zero-order valence-corrected chi connectivity index (χ0v) is 38.9. The molecule has 60 heavy (non-hydrogen) atoms. The predicted molar refractivity (Wildman–Crippen MR) is 246 cm³/mol. The number of hydrogen-bond donors (Lipinski definition) is 4. The molecule has 0 heterocycles. The van der Waals surface area contributed by atoms with Gasteiger partial charge in [-0.1, -0.05) is 157 Å². The molecule has 0 aromatic heterocycles. The number of carbonyl (C=O) groups excluding carboxylic acids is 1. The molecule has 0 aliphatic heterocycles. The normalized spacial score (nSPS) is 16.1. The van der Waals surface area contributed by atoms with Crippen LogP contribution in [0.2, 0.25) is 0 Å². The smallest absolute Gasteiger partial charge is 0.457 e. The van der Waals surface area contributed by atoms with E-state index < -0.39 is 38.2 Å². The van der Waals surface area contributed by atoms with Gasteiger partial charge in [-0.3, -0.25) is 13.8 Å². The third-order valence-electron chi connectivity index (χ3n) is 9.27. The highest BCUT2D eigenvalue weighted by molar-refractivity contribution is 7.47. The van der Waals surface area contributed by atoms with Crippen LogP contribution >= 0.6 is 7.82 Å². The van der Waals surface area contributed by atoms with Crippen LogP contribution in [0, 0.1) is 0 Å². The lowest BCUT2D eigenvalue weighted by Gasteiger charge is -2.24. The Kier molecular flexibility index (Phi) is 37.8. The molecule has 12 heteroatoms. The fourth-order valence-electron chi connectivity index (χ4n) is 5.60. The van der Waals surface area contributed by atoms with Crippen LogP contribution in [-0.4, -0.2) is 109 Å². The van der Waals surface area contributed by atoms with Crippen LogP contribution in [0.15, 0.2) is 85.1 Å². The van der Waals surface area contributed by atoms with Crippen LogP contribution < -0.4 is 0 Å². The number of allylic oxidation sites excluding steroid dienone is 10. The molecule has 0 aromatic rings. The average Bonchev–Trinajstić information content (AvgIpc) is 3.19. The second-order valence-corrected chi connectivity index (χ2v) is 17.7. The van der Waals surface area contributed by atoms with Crippen LogP contribution in [0.4, 0.5) is 0 Å². The van der Waals surface area contributed by atoms with E-state index in [9.17, 15) is 29.6 Å². The maximum Gasteiger partial charge on any atom is 0.472 e. The molecule has 0 fully saturated rings. The van der Waals surface area contributed by atoms with E-state index in [-0.39, 0.29) is 26.2 Å². The first-order chi connectivity index (χ1) is 28.8. The summed E-state index contributed by atoms with van der Waals surface area (Å²) in [6.07, 6.45) is 41.5. The van der Waals surface area contributed by atoms with Crippen molar-refractivity contribution < 1.29 is 52.6 Å². The molecule has 0 aliphatic carbocycles. The molecule has 346 valence electrons. The summed E-state index contributed by atoms with van der Waals surface area (Å²) in [5, 5.41) is 30.1. The van der Waals surface area contributed by atoms with E-state index in [0.717, 1.165) is 32.1 Å². The Morgan fingerprint density at radius 3 is 1.83 bits per heavy atom. The van der Waals surface area contributed by atoms with Crippen LogP contribution in [-0.2, 0) is 27.9 Å². The lowest BCUT2D eigenvalue weighted by Crippen LogP contribution is -2.37. The van der Waals surface area contributed by atoms with Crippen LogP contribution in [0.3, 0.4) is 0 Å². The van der Waals surface area contributed by atoms with Crippen LogP contribution in [0.1, 0.15) is 136 Å². The zero-order valence-electron chi connectivity index (χ0n) is 38.0. The number of aliphatic hydroxyl groups is 3. The fraction of sp³-hybridized carbons (Fsp3) is 0.688. The number of hydrogen-bond acceptors (Lipinski definition) is 9. The van der Waals surface area contributed by atoms with E-state index in [1.165, 1.54) is 70.3 Å². The molecule has 5 unspecified atom stereocenters. The Morgan fingerprint density at radius 2 is 1.20 bits per heavy atom. The molecule has 4 N–H and O–H groups in total. The molecule has 0 aromatic carbocycles. The number of likely N-dealkylation sites (N-methyl/N-ethyl adjacent to an activating group) is 1. The molecule has 0 spiro atoms. The van der Waals surface area contributed by atoms with Gasteiger partial charge in [-0.25, -0.2) is 4.57 Å². The van der Waals surface area contributed by atoms with E-state index in [0.29, 0.717) is 36.9 Å². The number of carbonyl (C=O) groups is 1. The van der Waals surface area contributed by atoms with Gasteiger partial charge in [-0.05, 0) is 57.8 Å². The molecule has 0 bridgehead atoms. The number of phosphoric ester groups is 1. The molecule has 0 rings (SSSR count). The van der Waals surface area contributed by atoms with Crippen molar-refractivity contribution in [2.45, 2.75) is 160 Å². The van der Waals surface area contributed by atoms with Gasteiger partial charge in [0.05, 0.1) is 52.7 Å². The van der Waals surface area contributed by atoms with Crippen molar-refractivity contribution in [3.8, 4) is 0 Å². The summed E-state index contributed by atoms with van der Waals surface area (Å²) in [5.74, 6) is -0.490. The van der Waals surface area contributed by atoms with Gasteiger partial charge in [0.2, 0.25) is 0 Å². The number of esters is 1. The lowest BCUT2D eigenvalue weighted by molar-refractivity contribution is -0.870. The SMILES string of the molecule is CC/C=C\CC(O)C(O)/C=C/C=C\C=C\C=C\C(O)C/C=C/CCC(=O)OC(COCCCCCCCC/C=C\CCCCCCCC)COP(=O)(O)OCC[N+](C)(C)C. The third-order valence-corrected chi connectivity index (χ3v) is 10.3. The van der Waals surface area contributed by atoms with Crippen molar-refractivity contribution in [3.05, 3.63) is 85.1 Å². The van der Waals surface area contributed by atoms with Gasteiger partial charge in [0.25, 0.3) is 0 Å². The third kappa shape index (κ3) is 40.9. The first kappa shape index (κ1) is 57.6. The Hall–Kier alpha value is -2.44. The number of rotatable bonds is 40. The Morgan fingerprint density at radius 1 is 0.633 bits per heavy atom. The number of nitrogens with zero attached hydrogens (tertiary/aromatic N) is 1. The molecule has 5 atom stereocenters. The molecule has 0 radical (unpaired) electrons. The first-order valence-electron chi connectivity index (χ1n) is 22.7. The van der Waals surface area contributed by atoms with E-state index in [2.05, 4.69) is 19.1 Å². The number of ether oxygens (including phenoxy) is 2. The van der Waals surface area contributed by atoms with E-state index in [1.807, 2.05) is 40.2 Å². The quantitative estimate of drug-likeness (QED) is 0.0117. The molecule has 0 saturated heterocycles. The Labute approximate surface area is 364 Å². The highest BCUT2D eigenvalue weighted by atomic mass is 31.2. The minimum absolute atomic E-state index is 0.0360. The lowest BCUT2D eigenvalue weighted by atomic mass is 10.1. The van der Waals surface area contributed by atoms with Crippen molar-refractivity contribution in [1.29, 1.82) is 0 Å². The topological polar surface area (TPSA) is 152 Å². The zero-order chi connectivity index (χ0) is 44.6. The van der Waals surface area contributed by atoms with Crippen molar-refractivity contribution in [2.75, 3.05) is 54.1 Å². The number of aliphatic hydroxyl groups excluding tert-OH is 3. The van der Waals surface area contributed by atoms with Gasteiger partial charge in [-0.2, -0.15) is 0 Å². The molecule has 11 nitrogen and oxygen atoms in total. The first-order valence-corrected chi connectivity index (χ1v) is 24.2. The Bertz CT molecular complexity index is 1290. The van der Waals surface area contributed by atoms with Crippen molar-refractivity contribution in [2.24, 2.45) is 0 Å². The number of phosphoric acid groups is 1. The van der Waals surface area contributed by atoms with Crippen LogP contribution in [0.25, 0.3) is 0 Å². The van der Waals surface area contributed by atoms with Gasteiger partial charge >= 0.3 is 13.8 Å². The molecule has 0 aliphatic rings. The largest absolute Gasteiger partial charge is 0.472 e. The number of unbranched alkanes of at least 4 members (excludes halogenated alkanes) is 12. The summed E-state index contributed by atoms with van der Waals surface area (Å²) in [4.78, 5) is 22.9. The van der Waals surface area contributed by atoms with Gasteiger partial charge < -0.3 is 34.2 Å². The minimum atomic E-state index is -4.35. The second-order valence-electron chi connectivity index (χ2n) is 16.3. The summed E-state index contributed by atoms with van der Waals surface area (Å²) in [5.41, 5.74) is 0. The number of quaternary nitrogens is 1. The summed E-state index contributed by atoms with van der Waals surface area (Å²) < 4.78 is 34.8. The maximum atomic E-state index is 12.7. The van der Waals surface area contributed by atoms with Gasteiger partial charge in [-0.15, -0.1) is 0 Å². The average molecular weight is 867 g/mol. The van der Waals surface area contributed by atoms with Crippen molar-refractivity contribution in [3.63, 3.8) is 0 Å². The highest BCUT2D eigenvalue weighted by Crippen LogP contribution is 2.43. The molecule has 0 saturated carbocycles. The van der Waals surface area contributed by atoms with Gasteiger partial charge in [0, 0.05) is 13.0 Å². The van der Waals surface area contributed by atoms with Gasteiger partial charge in [0.15, 0.2) is 0 Å². The molecule has 0 amide bonds. The monoisotopic (exact) mass is 867 g/mol. The minimum Gasteiger partial charge on any atom is -0.457 e. The van der Waals surface area contributed by atoms with Crippen molar-refractivity contribution >= 4 is 13.8 Å². The summed E-state index contributed by atoms with van der Waals surface area (Å²) in [6.45, 7) is 5.00. The maximum absolute atomic E-state index is 12.7. The molecular formula is C48H85NO10P+. The van der Waals surface area contributed by atoms with Crippen LogP contribution in [0.5, 0.6) is 0 Å². The molecular weight excluding hydrogens is 781 g/mol. The second kappa shape index (κ2) is 39.4. The van der Waals surface area contributed by atoms with E-state index in [1.54, 1.807) is 54.7 Å². The van der Waals surface area contributed by atoms with Gasteiger partial charge in [0.1, 0.15) is 19.3 Å². The standard InChI is InChI=1S/C48H84NO10P/c1-6-8-10-11-12-13-14-15-16-17-18-19-20-23-26-33-40-56-42-45(43-58-60(54,55)57-41-39-49(3,4)5)59-48(53)38-32-27-30-35-44(50)34-29-24-21-22-25-31-37-47(52)46(51)36-28-9-7-2/h9,15-16,21-22,24-25,27-31,34,37,44-47,50-52H,6-8,10-14,17-20,23,26,32-33,35-36,38-43H2,1-5H3/p+1/b16-15-,24-21+,25-22-,28-9-,30-27+,34-29+,37-31+. The summed E-state index contributed by atoms with van der Waals surface area (Å²) in [7, 11) is 1.49. The fourth-order valence-corrected chi connectivity index (χ4v) is 6.34. The summed E-state index contributed by atoms with van der Waals surface area (Å²) >= 11 is 0. The van der Waals surface area contributed by atoms with E-state index in [4.69, 9.17) is 18.5 Å². The highest BCUT2D eigenvalue weighted by Gasteiger charge is 2.26. The van der Waals surface area contributed by atoms with E-state index >= 15 is 0 Å². The summed E-state index contributed by atoms with van der Waals surface area (Å²) in [6, 6.07) is 0.